The van der Waals surface area contributed by atoms with E-state index in [2.05, 4.69) is 5.32 Å². The summed E-state index contributed by atoms with van der Waals surface area (Å²) in [5.74, 6) is -0.787. The highest BCUT2D eigenvalue weighted by molar-refractivity contribution is 6.07. The number of aryl methyl sites for hydroxylation is 2. The Morgan fingerprint density at radius 1 is 1.20 bits per heavy atom. The lowest BCUT2D eigenvalue weighted by molar-refractivity contribution is -0.132. The molecule has 0 saturated carbocycles. The first-order valence-corrected chi connectivity index (χ1v) is 10.1. The van der Waals surface area contributed by atoms with E-state index in [1.165, 1.54) is 17.2 Å². The average Bonchev–Trinajstić information content (AvgIpc) is 3.28. The fourth-order valence-corrected chi connectivity index (χ4v) is 4.13. The lowest BCUT2D eigenvalue weighted by atomic mass is 9.89. The van der Waals surface area contributed by atoms with Gasteiger partial charge in [0.05, 0.1) is 25.9 Å². The van der Waals surface area contributed by atoms with Crippen molar-refractivity contribution < 1.29 is 23.8 Å². The van der Waals surface area contributed by atoms with Crippen LogP contribution in [0.25, 0.3) is 0 Å². The first-order chi connectivity index (χ1) is 14.4. The number of amides is 3. The van der Waals surface area contributed by atoms with E-state index in [0.717, 1.165) is 29.7 Å². The van der Waals surface area contributed by atoms with Crippen molar-refractivity contribution in [1.82, 2.24) is 10.2 Å². The van der Waals surface area contributed by atoms with Gasteiger partial charge in [-0.1, -0.05) is 36.4 Å². The Balaban J connectivity index is 1.38. The number of imide groups is 1. The van der Waals surface area contributed by atoms with Gasteiger partial charge in [0.25, 0.3) is 5.91 Å². The van der Waals surface area contributed by atoms with E-state index < -0.39 is 23.6 Å². The number of β-amino-alcohol motifs (C(OH)–C–C–N with tert-alkyl or cyclic N) is 1. The van der Waals surface area contributed by atoms with E-state index in [1.54, 1.807) is 25.1 Å². The van der Waals surface area contributed by atoms with Crippen molar-refractivity contribution in [2.45, 2.75) is 44.4 Å². The van der Waals surface area contributed by atoms with Gasteiger partial charge in [-0.15, -0.1) is 0 Å². The second-order valence-electron chi connectivity index (χ2n) is 8.07. The van der Waals surface area contributed by atoms with Gasteiger partial charge < -0.3 is 15.2 Å². The topological polar surface area (TPSA) is 78.9 Å². The van der Waals surface area contributed by atoms with E-state index >= 15 is 0 Å². The van der Waals surface area contributed by atoms with E-state index in [0.29, 0.717) is 5.56 Å². The molecule has 0 spiro atoms. The number of carbonyl (C=O) groups excluding carboxylic acids is 2. The number of halogens is 1. The number of urea groups is 1. The quantitative estimate of drug-likeness (QED) is 0.686. The van der Waals surface area contributed by atoms with Gasteiger partial charge in [-0.05, 0) is 48.9 Å². The molecule has 1 saturated heterocycles. The first-order valence-electron chi connectivity index (χ1n) is 10.1. The van der Waals surface area contributed by atoms with Crippen molar-refractivity contribution >= 4 is 11.9 Å². The molecule has 2 aliphatic rings. The summed E-state index contributed by atoms with van der Waals surface area (Å²) in [6.45, 7) is 1.37. The van der Waals surface area contributed by atoms with Gasteiger partial charge in [0, 0.05) is 5.56 Å². The second kappa shape index (κ2) is 8.16. The van der Waals surface area contributed by atoms with Crippen LogP contribution in [0.5, 0.6) is 0 Å². The number of aliphatic hydroxyl groups is 1. The molecule has 0 aromatic heterocycles. The van der Waals surface area contributed by atoms with Gasteiger partial charge >= 0.3 is 6.03 Å². The number of nitrogens with one attached hydrogen (secondary N) is 1. The minimum Gasteiger partial charge on any atom is -0.389 e. The van der Waals surface area contributed by atoms with Crippen molar-refractivity contribution in [3.05, 3.63) is 70.5 Å². The number of benzene rings is 2. The molecule has 2 atom stereocenters. The molecule has 4 rings (SSSR count). The van der Waals surface area contributed by atoms with Gasteiger partial charge in [-0.3, -0.25) is 9.69 Å². The van der Waals surface area contributed by atoms with E-state index in [-0.39, 0.29) is 25.6 Å². The van der Waals surface area contributed by atoms with Crippen molar-refractivity contribution in [3.8, 4) is 0 Å². The van der Waals surface area contributed by atoms with E-state index in [9.17, 15) is 19.1 Å². The van der Waals surface area contributed by atoms with Crippen LogP contribution in [-0.4, -0.2) is 41.2 Å². The summed E-state index contributed by atoms with van der Waals surface area (Å²) in [6.07, 6.45) is 2.04. The number of carbonyl (C=O) groups is 2. The third kappa shape index (κ3) is 3.82. The predicted octanol–water partition coefficient (Wildman–Crippen LogP) is 2.66. The average molecular weight is 412 g/mol. The molecule has 0 radical (unpaired) electrons. The Morgan fingerprint density at radius 2 is 1.97 bits per heavy atom. The number of rotatable bonds is 7. The summed E-state index contributed by atoms with van der Waals surface area (Å²) in [6, 6.07) is 11.6. The molecule has 1 aliphatic carbocycles. The Kier molecular flexibility index (Phi) is 5.58. The number of hydrogen-bond acceptors (Lipinski definition) is 4. The SMILES string of the molecule is CC1(c2ccc3c(c2)CCC3)NC(=O)N(CC(O)COCc2ccccc2F)C1=O. The molecule has 1 aliphatic heterocycles. The first kappa shape index (κ1) is 20.5. The molecule has 30 heavy (non-hydrogen) atoms. The molecular formula is C23H25FN2O4. The van der Waals surface area contributed by atoms with Crippen molar-refractivity contribution in [3.63, 3.8) is 0 Å². The summed E-state index contributed by atoms with van der Waals surface area (Å²) in [5, 5.41) is 13.0. The van der Waals surface area contributed by atoms with Crippen LogP contribution >= 0.6 is 0 Å². The zero-order valence-electron chi connectivity index (χ0n) is 16.9. The van der Waals surface area contributed by atoms with Crippen LogP contribution in [-0.2, 0) is 34.5 Å². The molecule has 3 amide bonds. The maximum absolute atomic E-state index is 13.6. The third-order valence-electron chi connectivity index (χ3n) is 5.87. The van der Waals surface area contributed by atoms with Crippen LogP contribution in [0.2, 0.25) is 0 Å². The Bertz CT molecular complexity index is 979. The largest absolute Gasteiger partial charge is 0.389 e. The lowest BCUT2D eigenvalue weighted by Gasteiger charge is -2.24. The van der Waals surface area contributed by atoms with E-state index in [1.807, 2.05) is 18.2 Å². The third-order valence-corrected chi connectivity index (χ3v) is 5.87. The van der Waals surface area contributed by atoms with Crippen LogP contribution < -0.4 is 5.32 Å². The van der Waals surface area contributed by atoms with Gasteiger partial charge in [0.1, 0.15) is 11.4 Å². The maximum atomic E-state index is 13.6. The number of hydrogen-bond donors (Lipinski definition) is 2. The van der Waals surface area contributed by atoms with Crippen LogP contribution in [0.3, 0.4) is 0 Å². The zero-order valence-corrected chi connectivity index (χ0v) is 16.9. The van der Waals surface area contributed by atoms with Gasteiger partial charge in [0.2, 0.25) is 0 Å². The van der Waals surface area contributed by atoms with Crippen molar-refractivity contribution in [2.75, 3.05) is 13.2 Å². The Morgan fingerprint density at radius 3 is 2.77 bits per heavy atom. The molecule has 7 heteroatoms. The monoisotopic (exact) mass is 412 g/mol. The number of nitrogens with zero attached hydrogens (tertiary/aromatic N) is 1. The summed E-state index contributed by atoms with van der Waals surface area (Å²) in [7, 11) is 0. The van der Waals surface area contributed by atoms with Gasteiger partial charge in [0.15, 0.2) is 0 Å². The molecular weight excluding hydrogens is 387 g/mol. The normalized spacial score (nSPS) is 21.6. The van der Waals surface area contributed by atoms with Gasteiger partial charge in [-0.2, -0.15) is 0 Å². The minimum atomic E-state index is -1.16. The molecule has 2 N–H and O–H groups in total. The molecule has 1 heterocycles. The second-order valence-corrected chi connectivity index (χ2v) is 8.07. The smallest absolute Gasteiger partial charge is 0.325 e. The zero-order chi connectivity index (χ0) is 21.3. The summed E-state index contributed by atoms with van der Waals surface area (Å²) in [5.41, 5.74) is 2.47. The summed E-state index contributed by atoms with van der Waals surface area (Å²) < 4.78 is 19.0. The highest BCUT2D eigenvalue weighted by atomic mass is 19.1. The minimum absolute atomic E-state index is 0.00326. The Labute approximate surface area is 174 Å². The fraction of sp³-hybridized carbons (Fsp3) is 0.391. The molecule has 158 valence electrons. The lowest BCUT2D eigenvalue weighted by Crippen LogP contribution is -2.42. The summed E-state index contributed by atoms with van der Waals surface area (Å²) in [4.78, 5) is 26.5. The fourth-order valence-electron chi connectivity index (χ4n) is 4.13. The maximum Gasteiger partial charge on any atom is 0.325 e. The van der Waals surface area contributed by atoms with E-state index in [4.69, 9.17) is 4.74 Å². The number of fused-ring (bicyclic) bond motifs is 1. The van der Waals surface area contributed by atoms with Crippen molar-refractivity contribution in [1.29, 1.82) is 0 Å². The molecule has 6 nitrogen and oxygen atoms in total. The van der Waals surface area contributed by atoms with Gasteiger partial charge in [-0.25, -0.2) is 9.18 Å². The highest BCUT2D eigenvalue weighted by Crippen LogP contribution is 2.32. The number of aliphatic hydroxyl groups excluding tert-OH is 1. The molecule has 2 aromatic carbocycles. The molecule has 0 bridgehead atoms. The molecule has 2 unspecified atom stereocenters. The van der Waals surface area contributed by atoms with Crippen molar-refractivity contribution in [2.24, 2.45) is 0 Å². The van der Waals surface area contributed by atoms with Crippen LogP contribution in [0, 0.1) is 5.82 Å². The molecule has 2 aromatic rings. The molecule has 1 fully saturated rings. The summed E-state index contributed by atoms with van der Waals surface area (Å²) >= 11 is 0. The number of ether oxygens (including phenoxy) is 1. The predicted molar refractivity (Wildman–Crippen MR) is 108 cm³/mol. The highest BCUT2D eigenvalue weighted by Gasteiger charge is 2.49. The standard InChI is InChI=1S/C23H25FN2O4/c1-23(18-10-9-15-6-4-7-16(15)11-18)21(28)26(22(29)25-23)12-19(27)14-30-13-17-5-2-3-8-20(17)24/h2-3,5,8-11,19,27H,4,6-7,12-14H2,1H3,(H,25,29). The Hall–Kier alpha value is -2.77. The van der Waals surface area contributed by atoms with Crippen LogP contribution in [0.15, 0.2) is 42.5 Å². The van der Waals surface area contributed by atoms with Crippen LogP contribution in [0.4, 0.5) is 9.18 Å². The van der Waals surface area contributed by atoms with Crippen LogP contribution in [0.1, 0.15) is 35.6 Å².